The molecule has 0 N–H and O–H groups in total. The molecule has 3 nitrogen and oxygen atoms in total. The summed E-state index contributed by atoms with van der Waals surface area (Å²) in [6, 6.07) is 7.91. The average molecular weight is 248 g/mol. The van der Waals surface area contributed by atoms with E-state index in [2.05, 4.69) is 30.1 Å². The van der Waals surface area contributed by atoms with Gasteiger partial charge in [0.25, 0.3) is 5.19 Å². The van der Waals surface area contributed by atoms with Gasteiger partial charge in [-0.2, -0.15) is 9.36 Å². The maximum absolute atomic E-state index is 5.68. The van der Waals surface area contributed by atoms with E-state index in [1.54, 1.807) is 0 Å². The summed E-state index contributed by atoms with van der Waals surface area (Å²) in [6.45, 7) is 8.30. The molecule has 2 aromatic rings. The summed E-state index contributed by atoms with van der Waals surface area (Å²) in [5, 5.41) is 0.598. The van der Waals surface area contributed by atoms with E-state index in [-0.39, 0.29) is 5.41 Å². The molecule has 0 radical (unpaired) electrons. The Morgan fingerprint density at radius 2 is 2.00 bits per heavy atom. The van der Waals surface area contributed by atoms with Crippen LogP contribution in [0.15, 0.2) is 24.3 Å². The fourth-order valence-electron chi connectivity index (χ4n) is 1.34. The first kappa shape index (κ1) is 12.0. The lowest BCUT2D eigenvalue weighted by Gasteiger charge is -2.12. The third-order valence-corrected chi connectivity index (χ3v) is 2.87. The summed E-state index contributed by atoms with van der Waals surface area (Å²) in [7, 11) is 0. The maximum atomic E-state index is 5.68. The molecule has 0 atom stereocenters. The van der Waals surface area contributed by atoms with Gasteiger partial charge >= 0.3 is 0 Å². The van der Waals surface area contributed by atoms with E-state index in [0.717, 1.165) is 11.6 Å². The Hall–Kier alpha value is -1.42. The first-order valence-electron chi connectivity index (χ1n) is 5.54. The number of nitrogens with zero attached hydrogens (tertiary/aromatic N) is 2. The third kappa shape index (κ3) is 3.03. The summed E-state index contributed by atoms with van der Waals surface area (Å²) >= 11 is 1.29. The molecule has 0 bridgehead atoms. The molecular formula is C13H16N2OS. The molecule has 1 aromatic heterocycles. The molecule has 17 heavy (non-hydrogen) atoms. The van der Waals surface area contributed by atoms with Crippen LogP contribution in [0.4, 0.5) is 0 Å². The number of aryl methyl sites for hydroxylation is 1. The van der Waals surface area contributed by atoms with Crippen molar-refractivity contribution < 1.29 is 4.74 Å². The number of aromatic nitrogens is 2. The first-order valence-corrected chi connectivity index (χ1v) is 6.31. The van der Waals surface area contributed by atoms with Gasteiger partial charge in [-0.15, -0.1) is 0 Å². The van der Waals surface area contributed by atoms with Gasteiger partial charge in [0.1, 0.15) is 5.75 Å². The van der Waals surface area contributed by atoms with Crippen LogP contribution in [0.3, 0.4) is 0 Å². The van der Waals surface area contributed by atoms with E-state index >= 15 is 0 Å². The number of hydrogen-bond acceptors (Lipinski definition) is 4. The largest absolute Gasteiger partial charge is 0.430 e. The average Bonchev–Trinajstić information content (AvgIpc) is 2.65. The molecule has 0 unspecified atom stereocenters. The van der Waals surface area contributed by atoms with Crippen molar-refractivity contribution in [3.05, 3.63) is 35.7 Å². The van der Waals surface area contributed by atoms with Gasteiger partial charge in [0.05, 0.1) is 0 Å². The molecule has 1 aromatic carbocycles. The minimum absolute atomic E-state index is 0.0370. The highest BCUT2D eigenvalue weighted by Gasteiger charge is 2.20. The second-order valence-electron chi connectivity index (χ2n) is 5.05. The summed E-state index contributed by atoms with van der Waals surface area (Å²) < 4.78 is 9.99. The molecule has 0 saturated heterocycles. The van der Waals surface area contributed by atoms with Crippen molar-refractivity contribution in [2.24, 2.45) is 0 Å². The van der Waals surface area contributed by atoms with Gasteiger partial charge < -0.3 is 4.74 Å². The minimum atomic E-state index is -0.0370. The van der Waals surface area contributed by atoms with E-state index in [9.17, 15) is 0 Å². The molecule has 90 valence electrons. The maximum Gasteiger partial charge on any atom is 0.298 e. The molecule has 0 aliphatic rings. The Kier molecular flexibility index (Phi) is 3.15. The zero-order chi connectivity index (χ0) is 12.5. The standard InChI is InChI=1S/C13H16N2OS/c1-9-6-5-7-10(8-9)16-12-14-11(15-17-12)13(2,3)4/h5-8H,1-4H3. The lowest BCUT2D eigenvalue weighted by atomic mass is 9.96. The van der Waals surface area contributed by atoms with Gasteiger partial charge in [-0.1, -0.05) is 32.9 Å². The Labute approximate surface area is 106 Å². The lowest BCUT2D eigenvalue weighted by molar-refractivity contribution is 0.467. The third-order valence-electron chi connectivity index (χ3n) is 2.27. The highest BCUT2D eigenvalue weighted by molar-refractivity contribution is 7.07. The monoisotopic (exact) mass is 248 g/mol. The van der Waals surface area contributed by atoms with Crippen LogP contribution < -0.4 is 4.74 Å². The van der Waals surface area contributed by atoms with Gasteiger partial charge in [0.15, 0.2) is 5.82 Å². The molecule has 1 heterocycles. The molecule has 0 saturated carbocycles. The molecular weight excluding hydrogens is 232 g/mol. The van der Waals surface area contributed by atoms with Crippen molar-refractivity contribution in [2.45, 2.75) is 33.1 Å². The normalized spacial score (nSPS) is 11.5. The Bertz CT molecular complexity index is 514. The quantitative estimate of drug-likeness (QED) is 0.807. The fourth-order valence-corrected chi connectivity index (χ4v) is 2.08. The predicted molar refractivity (Wildman–Crippen MR) is 69.9 cm³/mol. The van der Waals surface area contributed by atoms with Gasteiger partial charge in [0, 0.05) is 16.9 Å². The van der Waals surface area contributed by atoms with Crippen molar-refractivity contribution in [1.29, 1.82) is 0 Å². The molecule has 2 rings (SSSR count). The van der Waals surface area contributed by atoms with Crippen LogP contribution >= 0.6 is 11.5 Å². The molecule has 0 aliphatic heterocycles. The zero-order valence-electron chi connectivity index (χ0n) is 10.5. The zero-order valence-corrected chi connectivity index (χ0v) is 11.3. The van der Waals surface area contributed by atoms with Crippen molar-refractivity contribution in [2.75, 3.05) is 0 Å². The highest BCUT2D eigenvalue weighted by atomic mass is 32.1. The van der Waals surface area contributed by atoms with Crippen molar-refractivity contribution in [3.8, 4) is 10.9 Å². The summed E-state index contributed by atoms with van der Waals surface area (Å²) in [5.41, 5.74) is 1.13. The van der Waals surface area contributed by atoms with Gasteiger partial charge in [0.2, 0.25) is 0 Å². The van der Waals surface area contributed by atoms with E-state index in [0.29, 0.717) is 5.19 Å². The Morgan fingerprint density at radius 3 is 2.59 bits per heavy atom. The van der Waals surface area contributed by atoms with E-state index in [1.165, 1.54) is 17.1 Å². The highest BCUT2D eigenvalue weighted by Crippen LogP contribution is 2.28. The molecule has 0 aliphatic carbocycles. The lowest BCUT2D eigenvalue weighted by Crippen LogP contribution is -2.12. The van der Waals surface area contributed by atoms with Crippen LogP contribution in [0, 0.1) is 6.92 Å². The van der Waals surface area contributed by atoms with Crippen molar-refractivity contribution in [3.63, 3.8) is 0 Å². The van der Waals surface area contributed by atoms with Crippen LogP contribution in [0.25, 0.3) is 0 Å². The number of rotatable bonds is 2. The summed E-state index contributed by atoms with van der Waals surface area (Å²) in [5.74, 6) is 1.63. The van der Waals surface area contributed by atoms with Crippen LogP contribution in [0.2, 0.25) is 0 Å². The first-order chi connectivity index (χ1) is 7.95. The second kappa shape index (κ2) is 4.45. The Morgan fingerprint density at radius 1 is 1.24 bits per heavy atom. The molecule has 0 fully saturated rings. The minimum Gasteiger partial charge on any atom is -0.430 e. The van der Waals surface area contributed by atoms with Crippen LogP contribution in [-0.2, 0) is 5.41 Å². The van der Waals surface area contributed by atoms with Gasteiger partial charge in [-0.05, 0) is 24.6 Å². The van der Waals surface area contributed by atoms with E-state index < -0.39 is 0 Å². The van der Waals surface area contributed by atoms with E-state index in [1.807, 2.05) is 31.2 Å². The summed E-state index contributed by atoms with van der Waals surface area (Å²) in [6.07, 6.45) is 0. The van der Waals surface area contributed by atoms with Gasteiger partial charge in [-0.25, -0.2) is 0 Å². The van der Waals surface area contributed by atoms with Crippen molar-refractivity contribution in [1.82, 2.24) is 9.36 Å². The predicted octanol–water partition coefficient (Wildman–Crippen LogP) is 3.94. The fraction of sp³-hybridized carbons (Fsp3) is 0.385. The summed E-state index contributed by atoms with van der Waals surface area (Å²) in [4.78, 5) is 4.39. The van der Waals surface area contributed by atoms with Crippen LogP contribution in [0.1, 0.15) is 32.2 Å². The topological polar surface area (TPSA) is 35.0 Å². The second-order valence-corrected chi connectivity index (χ2v) is 5.77. The Balaban J connectivity index is 2.17. The molecule has 4 heteroatoms. The van der Waals surface area contributed by atoms with E-state index in [4.69, 9.17) is 4.74 Å². The van der Waals surface area contributed by atoms with Crippen LogP contribution in [-0.4, -0.2) is 9.36 Å². The smallest absolute Gasteiger partial charge is 0.298 e. The van der Waals surface area contributed by atoms with Crippen LogP contribution in [0.5, 0.6) is 10.9 Å². The van der Waals surface area contributed by atoms with Crippen molar-refractivity contribution >= 4 is 11.5 Å². The number of ether oxygens (including phenoxy) is 1. The SMILES string of the molecule is Cc1cccc(Oc2nc(C(C)(C)C)ns2)c1. The number of hydrogen-bond donors (Lipinski definition) is 0. The molecule has 0 spiro atoms. The van der Waals surface area contributed by atoms with Gasteiger partial charge in [-0.3, -0.25) is 0 Å². The number of benzene rings is 1. The molecule has 0 amide bonds.